The number of carbonyl (C=O) groups excluding carboxylic acids is 1. The predicted octanol–water partition coefficient (Wildman–Crippen LogP) is 4.47. The number of phenolic OH excluding ortho intramolecular Hbond substituents is 1. The number of aromatic hydroxyl groups is 1. The Balaban J connectivity index is 1.36. The summed E-state index contributed by atoms with van der Waals surface area (Å²) < 4.78 is 0. The highest BCUT2D eigenvalue weighted by Gasteiger charge is 2.25. The predicted molar refractivity (Wildman–Crippen MR) is 134 cm³/mol. The molecule has 3 aromatic carbocycles. The van der Waals surface area contributed by atoms with Crippen LogP contribution in [0.2, 0.25) is 0 Å². The number of phenols is 1. The topological polar surface area (TPSA) is 81.6 Å². The van der Waals surface area contributed by atoms with Crippen molar-refractivity contribution in [3.63, 3.8) is 0 Å². The Kier molecular flexibility index (Phi) is 5.99. The van der Waals surface area contributed by atoms with E-state index in [4.69, 9.17) is 9.97 Å². The second-order valence-corrected chi connectivity index (χ2v) is 8.46. The van der Waals surface area contributed by atoms with Crippen LogP contribution in [0.25, 0.3) is 10.9 Å². The van der Waals surface area contributed by atoms with Crippen molar-refractivity contribution in [1.29, 1.82) is 0 Å². The highest BCUT2D eigenvalue weighted by atomic mass is 16.3. The lowest BCUT2D eigenvalue weighted by Crippen LogP contribution is -2.49. The molecule has 0 radical (unpaired) electrons. The standard InChI is InChI=1S/C27H27N5O2/c1-19(20-9-3-2-4-10-20)28-25-21-11-5-7-13-23(21)29-27(30-25)32-17-15-31(16-18-32)26(34)22-12-6-8-14-24(22)33/h2-14,19,33H,15-18H2,1H3,(H,28,29,30)/t19-/m0/s1. The first-order valence-corrected chi connectivity index (χ1v) is 11.5. The summed E-state index contributed by atoms with van der Waals surface area (Å²) in [6.45, 7) is 4.42. The molecule has 0 bridgehead atoms. The molecule has 4 aromatic rings. The summed E-state index contributed by atoms with van der Waals surface area (Å²) in [4.78, 5) is 26.4. The quantitative estimate of drug-likeness (QED) is 0.464. The first kappa shape index (κ1) is 21.7. The number of hydrogen-bond donors (Lipinski definition) is 2. The Hall–Kier alpha value is -4.13. The van der Waals surface area contributed by atoms with Gasteiger partial charge in [-0.15, -0.1) is 0 Å². The number of aromatic nitrogens is 2. The van der Waals surface area contributed by atoms with Crippen molar-refractivity contribution < 1.29 is 9.90 Å². The lowest BCUT2D eigenvalue weighted by Gasteiger charge is -2.35. The molecule has 1 saturated heterocycles. The summed E-state index contributed by atoms with van der Waals surface area (Å²) in [6.07, 6.45) is 0. The Labute approximate surface area is 198 Å². The van der Waals surface area contributed by atoms with Crippen molar-refractivity contribution in [2.24, 2.45) is 0 Å². The van der Waals surface area contributed by atoms with E-state index >= 15 is 0 Å². The average molecular weight is 454 g/mol. The lowest BCUT2D eigenvalue weighted by atomic mass is 10.1. The normalized spacial score (nSPS) is 14.7. The molecule has 1 fully saturated rings. The third-order valence-electron chi connectivity index (χ3n) is 6.23. The molecule has 1 atom stereocenters. The number of hydrogen-bond acceptors (Lipinski definition) is 6. The van der Waals surface area contributed by atoms with Crippen LogP contribution in [-0.4, -0.2) is 52.1 Å². The molecule has 1 aliphatic heterocycles. The molecule has 172 valence electrons. The van der Waals surface area contributed by atoms with Gasteiger partial charge in [-0.3, -0.25) is 4.79 Å². The van der Waals surface area contributed by atoms with Crippen molar-refractivity contribution in [1.82, 2.24) is 14.9 Å². The molecule has 7 heteroatoms. The van der Waals surface area contributed by atoms with Crippen molar-refractivity contribution >= 4 is 28.6 Å². The highest BCUT2D eigenvalue weighted by molar-refractivity contribution is 5.97. The average Bonchev–Trinajstić information content (AvgIpc) is 2.89. The van der Waals surface area contributed by atoms with E-state index in [0.29, 0.717) is 37.7 Å². The third kappa shape index (κ3) is 4.37. The van der Waals surface area contributed by atoms with Crippen LogP contribution in [-0.2, 0) is 0 Å². The van der Waals surface area contributed by atoms with Gasteiger partial charge in [-0.05, 0) is 36.8 Å². The fourth-order valence-corrected chi connectivity index (χ4v) is 4.28. The molecule has 2 heterocycles. The van der Waals surface area contributed by atoms with Crippen LogP contribution in [0.4, 0.5) is 11.8 Å². The van der Waals surface area contributed by atoms with Crippen LogP contribution in [0.5, 0.6) is 5.75 Å². The summed E-state index contributed by atoms with van der Waals surface area (Å²) in [5.41, 5.74) is 2.39. The van der Waals surface area contributed by atoms with E-state index < -0.39 is 0 Å². The number of amides is 1. The van der Waals surface area contributed by atoms with E-state index in [0.717, 1.165) is 16.7 Å². The molecule has 34 heavy (non-hydrogen) atoms. The smallest absolute Gasteiger partial charge is 0.257 e. The Morgan fingerprint density at radius 2 is 1.56 bits per heavy atom. The van der Waals surface area contributed by atoms with Gasteiger partial charge in [0.05, 0.1) is 11.1 Å². The highest BCUT2D eigenvalue weighted by Crippen LogP contribution is 2.28. The maximum atomic E-state index is 12.9. The first-order valence-electron chi connectivity index (χ1n) is 11.5. The number of benzene rings is 3. The van der Waals surface area contributed by atoms with E-state index in [1.807, 2.05) is 42.5 Å². The Morgan fingerprint density at radius 1 is 0.882 bits per heavy atom. The van der Waals surface area contributed by atoms with Gasteiger partial charge in [0.1, 0.15) is 11.6 Å². The molecule has 0 aliphatic carbocycles. The number of piperazine rings is 1. The lowest BCUT2D eigenvalue weighted by molar-refractivity contribution is 0.0743. The van der Waals surface area contributed by atoms with Crippen LogP contribution < -0.4 is 10.2 Å². The molecule has 1 amide bonds. The number of anilines is 2. The molecule has 7 nitrogen and oxygen atoms in total. The molecule has 0 spiro atoms. The van der Waals surface area contributed by atoms with Gasteiger partial charge in [0, 0.05) is 37.6 Å². The summed E-state index contributed by atoms with van der Waals surface area (Å²) in [5, 5.41) is 14.6. The van der Waals surface area contributed by atoms with Crippen LogP contribution in [0.15, 0.2) is 78.9 Å². The van der Waals surface area contributed by atoms with E-state index in [1.165, 1.54) is 11.6 Å². The van der Waals surface area contributed by atoms with Gasteiger partial charge in [0.2, 0.25) is 5.95 Å². The van der Waals surface area contributed by atoms with Gasteiger partial charge in [0.25, 0.3) is 5.91 Å². The first-order chi connectivity index (χ1) is 16.6. The Bertz CT molecular complexity index is 1300. The van der Waals surface area contributed by atoms with Crippen molar-refractivity contribution in [2.45, 2.75) is 13.0 Å². The van der Waals surface area contributed by atoms with Gasteiger partial charge in [-0.1, -0.05) is 54.6 Å². The maximum Gasteiger partial charge on any atom is 0.257 e. The van der Waals surface area contributed by atoms with Gasteiger partial charge < -0.3 is 20.2 Å². The molecule has 2 N–H and O–H groups in total. The minimum atomic E-state index is -0.156. The van der Waals surface area contributed by atoms with Crippen LogP contribution in [0, 0.1) is 0 Å². The number of carbonyl (C=O) groups is 1. The number of nitrogens with zero attached hydrogens (tertiary/aromatic N) is 4. The van der Waals surface area contributed by atoms with Crippen LogP contribution in [0.1, 0.15) is 28.9 Å². The summed E-state index contributed by atoms with van der Waals surface area (Å²) in [6, 6.07) is 25.0. The van der Waals surface area contributed by atoms with E-state index in [-0.39, 0.29) is 17.7 Å². The van der Waals surface area contributed by atoms with E-state index in [1.54, 1.807) is 23.1 Å². The van der Waals surface area contributed by atoms with E-state index in [2.05, 4.69) is 29.3 Å². The van der Waals surface area contributed by atoms with Crippen molar-refractivity contribution in [3.05, 3.63) is 90.0 Å². The molecule has 0 saturated carbocycles. The van der Waals surface area contributed by atoms with Gasteiger partial charge >= 0.3 is 0 Å². The maximum absolute atomic E-state index is 12.9. The van der Waals surface area contributed by atoms with Crippen molar-refractivity contribution in [3.8, 4) is 5.75 Å². The third-order valence-corrected chi connectivity index (χ3v) is 6.23. The van der Waals surface area contributed by atoms with Gasteiger partial charge in [0.15, 0.2) is 0 Å². The number of fused-ring (bicyclic) bond motifs is 1. The molecule has 1 aromatic heterocycles. The summed E-state index contributed by atoms with van der Waals surface area (Å²) in [7, 11) is 0. The zero-order valence-electron chi connectivity index (χ0n) is 19.1. The minimum absolute atomic E-state index is 0.0102. The summed E-state index contributed by atoms with van der Waals surface area (Å²) >= 11 is 0. The molecule has 1 aliphatic rings. The fourth-order valence-electron chi connectivity index (χ4n) is 4.28. The largest absolute Gasteiger partial charge is 0.507 e. The SMILES string of the molecule is C[C@H](Nc1nc(N2CCN(C(=O)c3ccccc3O)CC2)nc2ccccc12)c1ccccc1. The van der Waals surface area contributed by atoms with Gasteiger partial charge in [-0.2, -0.15) is 4.98 Å². The molecule has 0 unspecified atom stereocenters. The minimum Gasteiger partial charge on any atom is -0.507 e. The molecular formula is C27H27N5O2. The van der Waals surface area contributed by atoms with Crippen LogP contribution in [0.3, 0.4) is 0 Å². The second-order valence-electron chi connectivity index (χ2n) is 8.46. The fraction of sp³-hybridized carbons (Fsp3) is 0.222. The number of rotatable bonds is 5. The Morgan fingerprint density at radius 3 is 2.32 bits per heavy atom. The van der Waals surface area contributed by atoms with E-state index in [9.17, 15) is 9.90 Å². The monoisotopic (exact) mass is 453 g/mol. The van der Waals surface area contributed by atoms with Crippen molar-refractivity contribution in [2.75, 3.05) is 36.4 Å². The number of para-hydroxylation sites is 2. The molecule has 5 rings (SSSR count). The second kappa shape index (κ2) is 9.39. The van der Waals surface area contributed by atoms with Crippen LogP contribution >= 0.6 is 0 Å². The number of nitrogens with one attached hydrogen (secondary N) is 1. The summed E-state index contributed by atoms with van der Waals surface area (Å²) in [5.74, 6) is 1.30. The zero-order chi connectivity index (χ0) is 23.5. The molecular weight excluding hydrogens is 426 g/mol. The zero-order valence-corrected chi connectivity index (χ0v) is 19.1. The van der Waals surface area contributed by atoms with Gasteiger partial charge in [-0.25, -0.2) is 4.98 Å².